The van der Waals surface area contributed by atoms with Gasteiger partial charge in [0, 0.05) is 13.1 Å². The third-order valence-corrected chi connectivity index (χ3v) is 4.85. The molecule has 0 N–H and O–H groups in total. The van der Waals surface area contributed by atoms with Gasteiger partial charge in [-0.05, 0) is 13.3 Å². The number of hydrogen-bond donors (Lipinski definition) is 0. The summed E-state index contributed by atoms with van der Waals surface area (Å²) in [5, 5.41) is 0.742. The van der Waals surface area contributed by atoms with E-state index >= 15 is 0 Å². The topological polar surface area (TPSA) is 68.7 Å². The van der Waals surface area contributed by atoms with E-state index in [2.05, 4.69) is 9.72 Å². The number of ether oxygens (including phenoxy) is 2. The summed E-state index contributed by atoms with van der Waals surface area (Å²) in [6.07, 6.45) is 0.671. The van der Waals surface area contributed by atoms with E-state index in [0.29, 0.717) is 24.6 Å². The van der Waals surface area contributed by atoms with Crippen LogP contribution in [-0.4, -0.2) is 44.2 Å². The molecule has 2 heterocycles. The van der Waals surface area contributed by atoms with Gasteiger partial charge in [0.1, 0.15) is 0 Å². The lowest BCUT2D eigenvalue weighted by molar-refractivity contribution is -0.150. The van der Waals surface area contributed by atoms with Crippen LogP contribution in [0.4, 0.5) is 5.13 Å². The van der Waals surface area contributed by atoms with E-state index in [1.807, 2.05) is 11.8 Å². The molecular formula is C12H15ClN2O4S. The van der Waals surface area contributed by atoms with Gasteiger partial charge in [-0.3, -0.25) is 4.79 Å². The Morgan fingerprint density at radius 1 is 1.40 bits per heavy atom. The van der Waals surface area contributed by atoms with Crippen LogP contribution in [0.3, 0.4) is 0 Å². The number of hydrogen-bond acceptors (Lipinski definition) is 7. The molecule has 1 aromatic heterocycles. The molecule has 0 bridgehead atoms. The highest BCUT2D eigenvalue weighted by Gasteiger charge is 2.42. The molecule has 1 fully saturated rings. The molecule has 8 heteroatoms. The van der Waals surface area contributed by atoms with Gasteiger partial charge in [-0.25, -0.2) is 9.78 Å². The van der Waals surface area contributed by atoms with Crippen molar-refractivity contribution in [2.75, 3.05) is 32.2 Å². The van der Waals surface area contributed by atoms with E-state index in [0.717, 1.165) is 0 Å². The Morgan fingerprint density at radius 3 is 2.70 bits per heavy atom. The van der Waals surface area contributed by atoms with Crippen molar-refractivity contribution in [3.63, 3.8) is 0 Å². The zero-order valence-electron chi connectivity index (χ0n) is 11.4. The Morgan fingerprint density at radius 2 is 2.10 bits per heavy atom. The minimum atomic E-state index is -0.557. The number of aromatic nitrogens is 1. The molecule has 0 saturated carbocycles. The highest BCUT2D eigenvalue weighted by Crippen LogP contribution is 2.38. The standard InChI is InChI=1S/C12H15ClN2O4S/c1-12(10(17)19-3)4-5-15(6-12)11-14-8(13)7(20-11)9(16)18-2/h4-6H2,1-3H3. The Labute approximate surface area is 125 Å². The Hall–Kier alpha value is -1.34. The van der Waals surface area contributed by atoms with Crippen molar-refractivity contribution < 1.29 is 19.1 Å². The second-order valence-electron chi connectivity index (χ2n) is 4.83. The van der Waals surface area contributed by atoms with E-state index in [9.17, 15) is 9.59 Å². The zero-order chi connectivity index (χ0) is 14.9. The predicted octanol–water partition coefficient (Wildman–Crippen LogP) is 1.97. The Balaban J connectivity index is 2.19. The number of rotatable bonds is 3. The lowest BCUT2D eigenvalue weighted by atomic mass is 9.90. The first kappa shape index (κ1) is 15.1. The minimum absolute atomic E-state index is 0.128. The van der Waals surface area contributed by atoms with Gasteiger partial charge in [0.15, 0.2) is 15.2 Å². The number of esters is 2. The highest BCUT2D eigenvalue weighted by atomic mass is 35.5. The summed E-state index contributed by atoms with van der Waals surface area (Å²) in [5.41, 5.74) is -0.557. The van der Waals surface area contributed by atoms with E-state index < -0.39 is 11.4 Å². The maximum atomic E-state index is 11.8. The third-order valence-electron chi connectivity index (χ3n) is 3.37. The number of methoxy groups -OCH3 is 2. The first-order chi connectivity index (χ1) is 9.41. The lowest BCUT2D eigenvalue weighted by Gasteiger charge is -2.21. The average molecular weight is 319 g/mol. The Bertz CT molecular complexity index is 548. The van der Waals surface area contributed by atoms with E-state index in [-0.39, 0.29) is 16.0 Å². The summed E-state index contributed by atoms with van der Waals surface area (Å²) in [4.78, 5) is 29.7. The van der Waals surface area contributed by atoms with E-state index in [1.54, 1.807) is 0 Å². The molecule has 1 saturated heterocycles. The van der Waals surface area contributed by atoms with Gasteiger partial charge < -0.3 is 14.4 Å². The van der Waals surface area contributed by atoms with Crippen molar-refractivity contribution in [2.24, 2.45) is 5.41 Å². The van der Waals surface area contributed by atoms with Gasteiger partial charge in [-0.15, -0.1) is 0 Å². The number of thiazole rings is 1. The van der Waals surface area contributed by atoms with Crippen LogP contribution >= 0.6 is 22.9 Å². The molecule has 0 aromatic carbocycles. The fourth-order valence-electron chi connectivity index (χ4n) is 2.18. The van der Waals surface area contributed by atoms with Crippen molar-refractivity contribution in [3.8, 4) is 0 Å². The summed E-state index contributed by atoms with van der Waals surface area (Å²) >= 11 is 7.10. The monoisotopic (exact) mass is 318 g/mol. The van der Waals surface area contributed by atoms with Gasteiger partial charge in [0.2, 0.25) is 0 Å². The van der Waals surface area contributed by atoms with Gasteiger partial charge in [0.25, 0.3) is 0 Å². The summed E-state index contributed by atoms with van der Waals surface area (Å²) in [5.74, 6) is -0.746. The zero-order valence-corrected chi connectivity index (χ0v) is 13.0. The molecule has 1 atom stereocenters. The summed E-state index contributed by atoms with van der Waals surface area (Å²) in [6.45, 7) is 3.01. The van der Waals surface area contributed by atoms with Crippen LogP contribution in [0.1, 0.15) is 23.0 Å². The molecule has 1 unspecified atom stereocenters. The maximum absolute atomic E-state index is 11.8. The van der Waals surface area contributed by atoms with Gasteiger partial charge in [0.05, 0.1) is 19.6 Å². The molecule has 1 aromatic rings. The van der Waals surface area contributed by atoms with Crippen molar-refractivity contribution in [1.82, 2.24) is 4.98 Å². The van der Waals surface area contributed by atoms with Crippen molar-refractivity contribution >= 4 is 40.0 Å². The number of nitrogens with zero attached hydrogens (tertiary/aromatic N) is 2. The SMILES string of the molecule is COC(=O)c1sc(N2CCC(C)(C(=O)OC)C2)nc1Cl. The number of carbonyl (C=O) groups is 2. The van der Waals surface area contributed by atoms with Crippen LogP contribution in [0.5, 0.6) is 0 Å². The normalized spacial score (nSPS) is 21.9. The van der Waals surface area contributed by atoms with E-state index in [4.69, 9.17) is 16.3 Å². The summed E-state index contributed by atoms with van der Waals surface area (Å²) in [7, 11) is 2.67. The molecule has 1 aliphatic rings. The van der Waals surface area contributed by atoms with Crippen LogP contribution in [0.2, 0.25) is 5.15 Å². The summed E-state index contributed by atoms with van der Waals surface area (Å²) < 4.78 is 9.47. The molecule has 1 aliphatic heterocycles. The minimum Gasteiger partial charge on any atom is -0.469 e. The number of carbonyl (C=O) groups excluding carboxylic acids is 2. The second-order valence-corrected chi connectivity index (χ2v) is 6.17. The molecule has 0 amide bonds. The first-order valence-corrected chi connectivity index (χ1v) is 7.19. The van der Waals surface area contributed by atoms with Crippen LogP contribution < -0.4 is 4.90 Å². The van der Waals surface area contributed by atoms with Crippen LogP contribution in [0.25, 0.3) is 0 Å². The first-order valence-electron chi connectivity index (χ1n) is 5.99. The fraction of sp³-hybridized carbons (Fsp3) is 0.583. The molecule has 2 rings (SSSR count). The van der Waals surface area contributed by atoms with Crippen LogP contribution in [-0.2, 0) is 14.3 Å². The third kappa shape index (κ3) is 2.60. The van der Waals surface area contributed by atoms with Gasteiger partial charge in [-0.1, -0.05) is 22.9 Å². The molecule has 0 aliphatic carbocycles. The van der Waals surface area contributed by atoms with E-state index in [1.165, 1.54) is 25.6 Å². The highest BCUT2D eigenvalue weighted by molar-refractivity contribution is 7.18. The molecule has 0 spiro atoms. The van der Waals surface area contributed by atoms with Crippen molar-refractivity contribution in [3.05, 3.63) is 10.0 Å². The summed E-state index contributed by atoms with van der Waals surface area (Å²) in [6, 6.07) is 0. The molecule has 110 valence electrons. The fourth-order valence-corrected chi connectivity index (χ4v) is 3.41. The van der Waals surface area contributed by atoms with Gasteiger partial charge >= 0.3 is 11.9 Å². The smallest absolute Gasteiger partial charge is 0.351 e. The molecular weight excluding hydrogens is 304 g/mol. The van der Waals surface area contributed by atoms with Crippen LogP contribution in [0.15, 0.2) is 0 Å². The second kappa shape index (κ2) is 5.57. The van der Waals surface area contributed by atoms with Crippen LogP contribution in [0, 0.1) is 5.41 Å². The van der Waals surface area contributed by atoms with Crippen molar-refractivity contribution in [1.29, 1.82) is 0 Å². The number of halogens is 1. The lowest BCUT2D eigenvalue weighted by Crippen LogP contribution is -2.32. The maximum Gasteiger partial charge on any atom is 0.351 e. The quantitative estimate of drug-likeness (QED) is 0.794. The predicted molar refractivity (Wildman–Crippen MR) is 75.4 cm³/mol. The largest absolute Gasteiger partial charge is 0.469 e. The Kier molecular flexibility index (Phi) is 4.19. The molecule has 6 nitrogen and oxygen atoms in total. The van der Waals surface area contributed by atoms with Gasteiger partial charge in [-0.2, -0.15) is 0 Å². The van der Waals surface area contributed by atoms with Crippen molar-refractivity contribution in [2.45, 2.75) is 13.3 Å². The molecule has 20 heavy (non-hydrogen) atoms. The average Bonchev–Trinajstić information content (AvgIpc) is 3.01. The molecule has 0 radical (unpaired) electrons. The number of anilines is 1.